The fourth-order valence-electron chi connectivity index (χ4n) is 3.41. The van der Waals surface area contributed by atoms with Crippen molar-refractivity contribution in [3.8, 4) is 28.4 Å². The minimum atomic E-state index is -0.303. The first-order chi connectivity index (χ1) is 12.7. The van der Waals surface area contributed by atoms with E-state index in [1.54, 1.807) is 21.3 Å². The number of fused-ring (bicyclic) bond motifs is 2. The average molecular weight is 350 g/mol. The monoisotopic (exact) mass is 350 g/mol. The molecule has 4 rings (SSSR count). The summed E-state index contributed by atoms with van der Waals surface area (Å²) in [6.07, 6.45) is 0. The van der Waals surface area contributed by atoms with Gasteiger partial charge in [0.25, 0.3) is 0 Å². The Hall–Kier alpha value is -3.21. The van der Waals surface area contributed by atoms with Gasteiger partial charge in [0.05, 0.1) is 26.9 Å². The minimum absolute atomic E-state index is 0.279. The first kappa shape index (κ1) is 16.3. The number of hydrogen-bond donors (Lipinski definition) is 0. The van der Waals surface area contributed by atoms with Crippen molar-refractivity contribution in [3.05, 3.63) is 53.6 Å². The number of carbonyl (C=O) groups excluding carboxylic acids is 1. The summed E-state index contributed by atoms with van der Waals surface area (Å²) in [5.74, 6) is 1.71. The summed E-state index contributed by atoms with van der Waals surface area (Å²) in [5, 5.41) is 1.87. The van der Waals surface area contributed by atoms with E-state index in [0.717, 1.165) is 33.2 Å². The Morgan fingerprint density at radius 3 is 2.19 bits per heavy atom. The summed E-state index contributed by atoms with van der Waals surface area (Å²) in [7, 11) is 4.82. The Bertz CT molecular complexity index is 1010. The number of benzene rings is 3. The Kier molecular flexibility index (Phi) is 3.92. The molecule has 132 valence electrons. The summed E-state index contributed by atoms with van der Waals surface area (Å²) < 4.78 is 21.4. The molecule has 0 unspecified atom stereocenters. The topological polar surface area (TPSA) is 54.0 Å². The fourth-order valence-corrected chi connectivity index (χ4v) is 3.41. The largest absolute Gasteiger partial charge is 0.497 e. The summed E-state index contributed by atoms with van der Waals surface area (Å²) in [4.78, 5) is 12.4. The number of esters is 1. The van der Waals surface area contributed by atoms with Crippen molar-refractivity contribution in [2.45, 2.75) is 6.61 Å². The second-order valence-corrected chi connectivity index (χ2v) is 6.02. The van der Waals surface area contributed by atoms with E-state index in [1.807, 2.05) is 42.5 Å². The molecule has 0 spiro atoms. The number of carbonyl (C=O) groups is 1. The molecule has 0 radical (unpaired) electrons. The maximum Gasteiger partial charge on any atom is 0.339 e. The molecule has 1 aliphatic heterocycles. The molecule has 0 N–H and O–H groups in total. The van der Waals surface area contributed by atoms with Crippen LogP contribution in [0.3, 0.4) is 0 Å². The zero-order valence-electron chi connectivity index (χ0n) is 14.8. The smallest absolute Gasteiger partial charge is 0.339 e. The molecule has 5 nitrogen and oxygen atoms in total. The quantitative estimate of drug-likeness (QED) is 0.660. The van der Waals surface area contributed by atoms with Gasteiger partial charge in [-0.25, -0.2) is 4.79 Å². The predicted molar refractivity (Wildman–Crippen MR) is 98.2 cm³/mol. The Morgan fingerprint density at radius 2 is 1.54 bits per heavy atom. The second kappa shape index (κ2) is 6.26. The Labute approximate surface area is 151 Å². The molecule has 3 aromatic rings. The van der Waals surface area contributed by atoms with Gasteiger partial charge < -0.3 is 18.9 Å². The summed E-state index contributed by atoms with van der Waals surface area (Å²) >= 11 is 0. The van der Waals surface area contributed by atoms with Crippen LogP contribution in [0.25, 0.3) is 21.9 Å². The molecule has 0 saturated carbocycles. The molecule has 1 aliphatic rings. The summed E-state index contributed by atoms with van der Waals surface area (Å²) in [6, 6.07) is 13.4. The molecule has 0 fully saturated rings. The van der Waals surface area contributed by atoms with Crippen LogP contribution < -0.4 is 14.2 Å². The van der Waals surface area contributed by atoms with E-state index in [0.29, 0.717) is 17.1 Å². The van der Waals surface area contributed by atoms with Gasteiger partial charge >= 0.3 is 5.97 Å². The molecule has 5 heteroatoms. The first-order valence-corrected chi connectivity index (χ1v) is 8.19. The van der Waals surface area contributed by atoms with Crippen LogP contribution in [-0.2, 0) is 11.3 Å². The van der Waals surface area contributed by atoms with Crippen molar-refractivity contribution in [1.82, 2.24) is 0 Å². The van der Waals surface area contributed by atoms with Gasteiger partial charge in [-0.1, -0.05) is 12.1 Å². The second-order valence-electron chi connectivity index (χ2n) is 6.02. The molecule has 3 aromatic carbocycles. The average Bonchev–Trinajstić information content (AvgIpc) is 3.05. The van der Waals surface area contributed by atoms with Crippen LogP contribution >= 0.6 is 0 Å². The molecule has 26 heavy (non-hydrogen) atoms. The van der Waals surface area contributed by atoms with E-state index < -0.39 is 0 Å². The lowest BCUT2D eigenvalue weighted by Crippen LogP contribution is -1.99. The van der Waals surface area contributed by atoms with Gasteiger partial charge in [0.2, 0.25) is 0 Å². The van der Waals surface area contributed by atoms with Gasteiger partial charge in [0.15, 0.2) is 11.5 Å². The molecule has 0 aliphatic carbocycles. The van der Waals surface area contributed by atoms with E-state index in [9.17, 15) is 4.79 Å². The molecule has 0 atom stereocenters. The number of hydrogen-bond acceptors (Lipinski definition) is 5. The lowest BCUT2D eigenvalue weighted by molar-refractivity contribution is 0.0535. The van der Waals surface area contributed by atoms with Crippen LogP contribution in [0.2, 0.25) is 0 Å². The van der Waals surface area contributed by atoms with Gasteiger partial charge in [0.1, 0.15) is 12.4 Å². The van der Waals surface area contributed by atoms with Gasteiger partial charge in [0, 0.05) is 11.1 Å². The van der Waals surface area contributed by atoms with Gasteiger partial charge in [-0.2, -0.15) is 0 Å². The van der Waals surface area contributed by atoms with Crippen LogP contribution in [0.1, 0.15) is 15.9 Å². The standard InChI is InChI=1S/C21H18O5/c1-23-15-6-4-12(5-7-15)19-16-10-18(25-3)17(24-2)9-13(16)8-14-11-26-21(22)20(14)19/h4-10H,11H2,1-3H3. The number of cyclic esters (lactones) is 1. The highest BCUT2D eigenvalue weighted by Crippen LogP contribution is 2.42. The zero-order chi connectivity index (χ0) is 18.3. The number of rotatable bonds is 4. The van der Waals surface area contributed by atoms with E-state index >= 15 is 0 Å². The molecule has 0 amide bonds. The van der Waals surface area contributed by atoms with Crippen molar-refractivity contribution in [2.24, 2.45) is 0 Å². The van der Waals surface area contributed by atoms with Crippen molar-refractivity contribution in [2.75, 3.05) is 21.3 Å². The third kappa shape index (κ3) is 2.44. The highest BCUT2D eigenvalue weighted by molar-refractivity contribution is 6.11. The van der Waals surface area contributed by atoms with Crippen LogP contribution in [0.5, 0.6) is 17.2 Å². The maximum absolute atomic E-state index is 12.4. The van der Waals surface area contributed by atoms with Gasteiger partial charge in [-0.3, -0.25) is 0 Å². The lowest BCUT2D eigenvalue weighted by Gasteiger charge is -2.15. The number of ether oxygens (including phenoxy) is 4. The van der Waals surface area contributed by atoms with Crippen molar-refractivity contribution < 1.29 is 23.7 Å². The van der Waals surface area contributed by atoms with Crippen LogP contribution in [0.15, 0.2) is 42.5 Å². The first-order valence-electron chi connectivity index (χ1n) is 8.19. The molecule has 0 aromatic heterocycles. The molecule has 0 saturated heterocycles. The highest BCUT2D eigenvalue weighted by atomic mass is 16.5. The third-order valence-corrected chi connectivity index (χ3v) is 4.67. The third-order valence-electron chi connectivity index (χ3n) is 4.67. The SMILES string of the molecule is COc1ccc(-c2c3c(cc4cc(OC)c(OC)cc24)COC3=O)cc1. The normalized spacial score (nSPS) is 12.7. The predicted octanol–water partition coefficient (Wildman–Crippen LogP) is 4.20. The van der Waals surface area contributed by atoms with Crippen LogP contribution in [0, 0.1) is 0 Å². The molecular formula is C21H18O5. The lowest BCUT2D eigenvalue weighted by atomic mass is 9.90. The van der Waals surface area contributed by atoms with E-state index in [2.05, 4.69) is 0 Å². The maximum atomic E-state index is 12.4. The fraction of sp³-hybridized carbons (Fsp3) is 0.190. The van der Waals surface area contributed by atoms with Crippen LogP contribution in [0.4, 0.5) is 0 Å². The minimum Gasteiger partial charge on any atom is -0.497 e. The molecular weight excluding hydrogens is 332 g/mol. The summed E-state index contributed by atoms with van der Waals surface area (Å²) in [6.45, 7) is 0.279. The summed E-state index contributed by atoms with van der Waals surface area (Å²) in [5.41, 5.74) is 3.23. The van der Waals surface area contributed by atoms with Crippen molar-refractivity contribution in [3.63, 3.8) is 0 Å². The number of methoxy groups -OCH3 is 3. The van der Waals surface area contributed by atoms with Crippen molar-refractivity contribution >= 4 is 16.7 Å². The highest BCUT2D eigenvalue weighted by Gasteiger charge is 2.28. The zero-order valence-corrected chi connectivity index (χ0v) is 14.8. The Balaban J connectivity index is 2.07. The van der Waals surface area contributed by atoms with E-state index in [1.165, 1.54) is 0 Å². The van der Waals surface area contributed by atoms with Crippen molar-refractivity contribution in [1.29, 1.82) is 0 Å². The van der Waals surface area contributed by atoms with Gasteiger partial charge in [-0.15, -0.1) is 0 Å². The molecule has 0 bridgehead atoms. The molecule has 1 heterocycles. The van der Waals surface area contributed by atoms with Gasteiger partial charge in [-0.05, 0) is 46.7 Å². The van der Waals surface area contributed by atoms with E-state index in [-0.39, 0.29) is 12.6 Å². The van der Waals surface area contributed by atoms with E-state index in [4.69, 9.17) is 18.9 Å². The Morgan fingerprint density at radius 1 is 0.846 bits per heavy atom. The van der Waals surface area contributed by atoms with Crippen LogP contribution in [-0.4, -0.2) is 27.3 Å².